The molecule has 0 spiro atoms. The van der Waals surface area contributed by atoms with E-state index in [0.717, 1.165) is 37.8 Å². The van der Waals surface area contributed by atoms with Gasteiger partial charge in [-0.2, -0.15) is 0 Å². The zero-order valence-electron chi connectivity index (χ0n) is 14.0. The highest BCUT2D eigenvalue weighted by molar-refractivity contribution is 5.70. The third-order valence-electron chi connectivity index (χ3n) is 3.76. The summed E-state index contributed by atoms with van der Waals surface area (Å²) in [5.41, 5.74) is 0.0133. The third-order valence-corrected chi connectivity index (χ3v) is 3.76. The lowest BCUT2D eigenvalue weighted by atomic mass is 10.1. The van der Waals surface area contributed by atoms with Crippen molar-refractivity contribution in [3.63, 3.8) is 0 Å². The normalized spacial score (nSPS) is 11.2. The average molecular weight is 352 g/mol. The van der Waals surface area contributed by atoms with Gasteiger partial charge in [-0.1, -0.05) is 50.5 Å². The molecular formula is C20H20F4O. The molecule has 0 amide bonds. The lowest BCUT2D eigenvalue weighted by Gasteiger charge is -2.08. The number of ether oxygens (including phenoxy) is 1. The summed E-state index contributed by atoms with van der Waals surface area (Å²) in [6.07, 6.45) is 6.57. The van der Waals surface area contributed by atoms with E-state index in [-0.39, 0.29) is 16.9 Å². The minimum atomic E-state index is -1.55. The Morgan fingerprint density at radius 3 is 2.24 bits per heavy atom. The molecule has 0 bridgehead atoms. The van der Waals surface area contributed by atoms with Crippen molar-refractivity contribution in [2.24, 2.45) is 0 Å². The van der Waals surface area contributed by atoms with Gasteiger partial charge in [0, 0.05) is 11.1 Å². The first-order valence-electron chi connectivity index (χ1n) is 8.27. The van der Waals surface area contributed by atoms with Crippen molar-refractivity contribution in [3.05, 3.63) is 64.7 Å². The highest BCUT2D eigenvalue weighted by Gasteiger charge is 2.12. The first kappa shape index (κ1) is 19.0. The van der Waals surface area contributed by atoms with Crippen molar-refractivity contribution < 1.29 is 22.3 Å². The zero-order chi connectivity index (χ0) is 18.2. The summed E-state index contributed by atoms with van der Waals surface area (Å²) in [6, 6.07) is 6.55. The first-order valence-corrected chi connectivity index (χ1v) is 8.27. The van der Waals surface area contributed by atoms with Crippen molar-refractivity contribution in [2.75, 3.05) is 6.61 Å². The molecule has 0 aromatic heterocycles. The van der Waals surface area contributed by atoms with Gasteiger partial charge in [-0.3, -0.25) is 0 Å². The van der Waals surface area contributed by atoms with Gasteiger partial charge in [-0.15, -0.1) is 0 Å². The maximum Gasteiger partial charge on any atom is 0.195 e. The summed E-state index contributed by atoms with van der Waals surface area (Å²) in [4.78, 5) is 0. The molecule has 1 nitrogen and oxygen atoms in total. The quantitative estimate of drug-likeness (QED) is 0.232. The van der Waals surface area contributed by atoms with Crippen molar-refractivity contribution in [3.8, 4) is 5.75 Å². The highest BCUT2D eigenvalue weighted by Crippen LogP contribution is 2.24. The van der Waals surface area contributed by atoms with Crippen LogP contribution in [-0.2, 0) is 0 Å². The molecule has 134 valence electrons. The molecule has 2 rings (SSSR count). The van der Waals surface area contributed by atoms with Crippen molar-refractivity contribution in [1.82, 2.24) is 0 Å². The van der Waals surface area contributed by atoms with Crippen LogP contribution in [0, 0.1) is 23.3 Å². The molecule has 0 heterocycles. The Morgan fingerprint density at radius 1 is 0.800 bits per heavy atom. The zero-order valence-corrected chi connectivity index (χ0v) is 14.0. The van der Waals surface area contributed by atoms with Crippen LogP contribution in [0.4, 0.5) is 17.6 Å². The molecule has 2 aromatic rings. The van der Waals surface area contributed by atoms with Gasteiger partial charge in [-0.25, -0.2) is 17.6 Å². The maximum absolute atomic E-state index is 14.4. The molecular weight excluding hydrogens is 332 g/mol. The molecule has 5 heteroatoms. The van der Waals surface area contributed by atoms with E-state index in [9.17, 15) is 17.6 Å². The SMILES string of the molecule is CCCCCCOc1cccc(C=Cc2ccc(F)c(F)c2F)c1F. The van der Waals surface area contributed by atoms with Gasteiger partial charge >= 0.3 is 0 Å². The van der Waals surface area contributed by atoms with Crippen LogP contribution in [0.5, 0.6) is 5.75 Å². The molecule has 0 atom stereocenters. The topological polar surface area (TPSA) is 9.23 Å². The van der Waals surface area contributed by atoms with Crippen molar-refractivity contribution in [1.29, 1.82) is 0 Å². The van der Waals surface area contributed by atoms with E-state index < -0.39 is 23.3 Å². The number of benzene rings is 2. The van der Waals surface area contributed by atoms with Crippen molar-refractivity contribution >= 4 is 12.2 Å². The predicted octanol–water partition coefficient (Wildman–Crippen LogP) is 6.37. The predicted molar refractivity (Wildman–Crippen MR) is 91.3 cm³/mol. The van der Waals surface area contributed by atoms with E-state index >= 15 is 0 Å². The Kier molecular flexibility index (Phi) is 7.04. The van der Waals surface area contributed by atoms with Crippen LogP contribution >= 0.6 is 0 Å². The Labute approximate surface area is 144 Å². The number of hydrogen-bond donors (Lipinski definition) is 0. The second-order valence-corrected chi connectivity index (χ2v) is 5.67. The standard InChI is InChI=1S/C20H20F4O/c1-2-3-4-5-13-25-17-8-6-7-14(18(17)22)9-10-15-11-12-16(21)20(24)19(15)23/h6-12H,2-5,13H2,1H3. The van der Waals surface area contributed by atoms with Gasteiger partial charge in [0.1, 0.15) is 0 Å². The van der Waals surface area contributed by atoms with Crippen LogP contribution < -0.4 is 4.74 Å². The number of halogens is 4. The summed E-state index contributed by atoms with van der Waals surface area (Å²) in [7, 11) is 0. The molecule has 0 fully saturated rings. The van der Waals surface area contributed by atoms with Crippen LogP contribution in [0.25, 0.3) is 12.2 Å². The number of hydrogen-bond acceptors (Lipinski definition) is 1. The number of unbranched alkanes of at least 4 members (excludes halogenated alkanes) is 3. The minimum absolute atomic E-state index is 0.115. The molecule has 2 aromatic carbocycles. The lowest BCUT2D eigenvalue weighted by Crippen LogP contribution is -2.00. The summed E-state index contributed by atoms with van der Waals surface area (Å²) in [6.45, 7) is 2.52. The maximum atomic E-state index is 14.4. The van der Waals surface area contributed by atoms with Crippen LogP contribution in [0.15, 0.2) is 30.3 Å². The summed E-state index contributed by atoms with van der Waals surface area (Å²) >= 11 is 0. The van der Waals surface area contributed by atoms with Gasteiger partial charge in [0.25, 0.3) is 0 Å². The van der Waals surface area contributed by atoms with E-state index in [2.05, 4.69) is 6.92 Å². The van der Waals surface area contributed by atoms with Crippen LogP contribution in [0.1, 0.15) is 43.7 Å². The van der Waals surface area contributed by atoms with Crippen LogP contribution in [0.2, 0.25) is 0 Å². The third kappa shape index (κ3) is 5.08. The molecule has 0 saturated heterocycles. The van der Waals surface area contributed by atoms with Gasteiger partial charge in [0.2, 0.25) is 0 Å². The summed E-state index contributed by atoms with van der Waals surface area (Å²) in [5.74, 6) is -4.58. The second-order valence-electron chi connectivity index (χ2n) is 5.67. The Hall–Kier alpha value is -2.30. The lowest BCUT2D eigenvalue weighted by molar-refractivity contribution is 0.290. The fourth-order valence-electron chi connectivity index (χ4n) is 2.33. The fourth-order valence-corrected chi connectivity index (χ4v) is 2.33. The summed E-state index contributed by atoms with van der Waals surface area (Å²) in [5, 5.41) is 0. The molecule has 0 aliphatic heterocycles. The first-order chi connectivity index (χ1) is 12.0. The Morgan fingerprint density at radius 2 is 1.52 bits per heavy atom. The second kappa shape index (κ2) is 9.25. The molecule has 25 heavy (non-hydrogen) atoms. The highest BCUT2D eigenvalue weighted by atomic mass is 19.2. The van der Waals surface area contributed by atoms with E-state index in [1.807, 2.05) is 0 Å². The average Bonchev–Trinajstić information content (AvgIpc) is 2.61. The smallest absolute Gasteiger partial charge is 0.195 e. The van der Waals surface area contributed by atoms with Crippen LogP contribution in [-0.4, -0.2) is 6.61 Å². The molecule has 0 radical (unpaired) electrons. The van der Waals surface area contributed by atoms with Gasteiger partial charge in [-0.05, 0) is 24.6 Å². The van der Waals surface area contributed by atoms with E-state index in [4.69, 9.17) is 4.74 Å². The Balaban J connectivity index is 2.10. The van der Waals surface area contributed by atoms with E-state index in [0.29, 0.717) is 6.61 Å². The molecule has 0 aliphatic carbocycles. The Bertz CT molecular complexity index is 741. The number of rotatable bonds is 8. The molecule has 0 unspecified atom stereocenters. The monoisotopic (exact) mass is 352 g/mol. The van der Waals surface area contributed by atoms with E-state index in [1.165, 1.54) is 24.3 Å². The largest absolute Gasteiger partial charge is 0.490 e. The summed E-state index contributed by atoms with van der Waals surface area (Å²) < 4.78 is 59.6. The van der Waals surface area contributed by atoms with Gasteiger partial charge < -0.3 is 4.74 Å². The van der Waals surface area contributed by atoms with Gasteiger partial charge in [0.15, 0.2) is 29.0 Å². The molecule has 0 aliphatic rings. The molecule has 0 N–H and O–H groups in total. The van der Waals surface area contributed by atoms with Crippen molar-refractivity contribution in [2.45, 2.75) is 32.6 Å². The molecule has 0 saturated carbocycles. The van der Waals surface area contributed by atoms with Gasteiger partial charge in [0.05, 0.1) is 6.61 Å². The minimum Gasteiger partial charge on any atom is -0.490 e. The van der Waals surface area contributed by atoms with E-state index in [1.54, 1.807) is 6.07 Å². The fraction of sp³-hybridized carbons (Fsp3) is 0.300. The van der Waals surface area contributed by atoms with Crippen LogP contribution in [0.3, 0.4) is 0 Å².